The third kappa shape index (κ3) is 4.70. The Kier molecular flexibility index (Phi) is 5.33. The number of ether oxygens (including phenoxy) is 1. The van der Waals surface area contributed by atoms with E-state index in [2.05, 4.69) is 16.6 Å². The molecule has 0 aromatic heterocycles. The molecule has 0 spiro atoms. The smallest absolute Gasteiger partial charge is 0.387 e. The van der Waals surface area contributed by atoms with Crippen LogP contribution < -0.4 is 4.74 Å². The van der Waals surface area contributed by atoms with E-state index in [9.17, 15) is 13.6 Å². The summed E-state index contributed by atoms with van der Waals surface area (Å²) < 4.78 is 28.6. The zero-order valence-corrected chi connectivity index (χ0v) is 13.8. The third-order valence-electron chi connectivity index (χ3n) is 4.13. The maximum Gasteiger partial charge on any atom is 0.387 e. The molecule has 0 bridgehead atoms. The monoisotopic (exact) mass is 354 g/mol. The van der Waals surface area contributed by atoms with E-state index < -0.39 is 12.6 Å². The molecule has 0 aliphatic heterocycles. The summed E-state index contributed by atoms with van der Waals surface area (Å²) >= 11 is 0. The Morgan fingerprint density at radius 2 is 1.81 bits per heavy atom. The Labute approximate surface area is 149 Å². The molecule has 2 aromatic rings. The Balaban J connectivity index is 1.67. The summed E-state index contributed by atoms with van der Waals surface area (Å²) in [6.07, 6.45) is 2.80. The van der Waals surface area contributed by atoms with Gasteiger partial charge >= 0.3 is 12.6 Å². The standard InChI is InChI=1S/C21H16F2O3/c22-21(23)26-19-8-6-14(7-9-19)4-5-15-2-1-3-17(10-15)18-11-16(12-18)13-20(24)25/h1-3,6-10,13,18,21H,11-12H2,(H,24,25). The number of hydrogen-bond donors (Lipinski definition) is 1. The highest BCUT2D eigenvalue weighted by Crippen LogP contribution is 2.41. The topological polar surface area (TPSA) is 46.5 Å². The summed E-state index contributed by atoms with van der Waals surface area (Å²) in [5.41, 5.74) is 3.64. The molecule has 1 N–H and O–H groups in total. The van der Waals surface area contributed by atoms with Crippen molar-refractivity contribution in [2.24, 2.45) is 0 Å². The Morgan fingerprint density at radius 1 is 1.12 bits per heavy atom. The van der Waals surface area contributed by atoms with Crippen molar-refractivity contribution in [1.82, 2.24) is 0 Å². The van der Waals surface area contributed by atoms with Crippen LogP contribution in [0.15, 0.2) is 60.2 Å². The SMILES string of the molecule is O=C(O)C=C1CC(c2cccc(C#Cc3ccc(OC(F)F)cc3)c2)C1. The molecule has 1 fully saturated rings. The summed E-state index contributed by atoms with van der Waals surface area (Å²) in [5, 5.41) is 8.75. The second-order valence-electron chi connectivity index (χ2n) is 6.02. The van der Waals surface area contributed by atoms with Gasteiger partial charge in [-0.25, -0.2) is 4.79 Å². The highest BCUT2D eigenvalue weighted by atomic mass is 19.3. The van der Waals surface area contributed by atoms with Crippen molar-refractivity contribution in [3.8, 4) is 17.6 Å². The van der Waals surface area contributed by atoms with Crippen LogP contribution in [0.1, 0.15) is 35.4 Å². The van der Waals surface area contributed by atoms with E-state index in [0.717, 1.165) is 29.5 Å². The number of aliphatic carboxylic acids is 1. The highest BCUT2D eigenvalue weighted by Gasteiger charge is 2.25. The molecule has 0 unspecified atom stereocenters. The predicted octanol–water partition coefficient (Wildman–Crippen LogP) is 4.58. The summed E-state index contributed by atoms with van der Waals surface area (Å²) in [6.45, 7) is -2.84. The lowest BCUT2D eigenvalue weighted by molar-refractivity contribution is -0.131. The van der Waals surface area contributed by atoms with E-state index in [0.29, 0.717) is 11.5 Å². The van der Waals surface area contributed by atoms with Crippen molar-refractivity contribution in [3.05, 3.63) is 76.9 Å². The Hall–Kier alpha value is -3.13. The maximum atomic E-state index is 12.1. The van der Waals surface area contributed by atoms with Gasteiger partial charge in [-0.1, -0.05) is 29.5 Å². The van der Waals surface area contributed by atoms with Crippen LogP contribution in [0.3, 0.4) is 0 Å². The van der Waals surface area contributed by atoms with Gasteiger partial charge in [-0.3, -0.25) is 0 Å². The van der Waals surface area contributed by atoms with Crippen molar-refractivity contribution in [2.45, 2.75) is 25.4 Å². The maximum absolute atomic E-state index is 12.1. The highest BCUT2D eigenvalue weighted by molar-refractivity contribution is 5.81. The predicted molar refractivity (Wildman–Crippen MR) is 93.2 cm³/mol. The fourth-order valence-electron chi connectivity index (χ4n) is 2.84. The summed E-state index contributed by atoms with van der Waals surface area (Å²) in [7, 11) is 0. The number of rotatable bonds is 4. The first-order chi connectivity index (χ1) is 12.5. The average Bonchev–Trinajstić information content (AvgIpc) is 2.57. The molecule has 0 atom stereocenters. The first kappa shape index (κ1) is 17.7. The number of benzene rings is 2. The molecule has 0 radical (unpaired) electrons. The lowest BCUT2D eigenvalue weighted by atomic mass is 9.75. The minimum absolute atomic E-state index is 0.0998. The number of carbonyl (C=O) groups is 1. The van der Waals surface area contributed by atoms with Crippen LogP contribution in [0.25, 0.3) is 0 Å². The lowest BCUT2D eigenvalue weighted by Crippen LogP contribution is -2.14. The van der Waals surface area contributed by atoms with Crippen LogP contribution in [0.4, 0.5) is 8.78 Å². The zero-order valence-electron chi connectivity index (χ0n) is 13.8. The van der Waals surface area contributed by atoms with Crippen molar-refractivity contribution < 1.29 is 23.4 Å². The molecular weight excluding hydrogens is 338 g/mol. The summed E-state index contributed by atoms with van der Waals surface area (Å²) in [6, 6.07) is 14.0. The molecular formula is C21H16F2O3. The van der Waals surface area contributed by atoms with Gasteiger partial charge in [0.1, 0.15) is 5.75 Å². The molecule has 132 valence electrons. The fraction of sp³-hybridized carbons (Fsp3) is 0.190. The molecule has 1 aliphatic carbocycles. The van der Waals surface area contributed by atoms with Gasteiger partial charge in [0, 0.05) is 17.2 Å². The number of carboxylic acid groups (broad SMARTS) is 1. The Morgan fingerprint density at radius 3 is 2.46 bits per heavy atom. The molecule has 5 heteroatoms. The van der Waals surface area contributed by atoms with Crippen LogP contribution in [-0.4, -0.2) is 17.7 Å². The lowest BCUT2D eigenvalue weighted by Gasteiger charge is -2.29. The van der Waals surface area contributed by atoms with Gasteiger partial charge in [0.05, 0.1) is 0 Å². The van der Waals surface area contributed by atoms with Gasteiger partial charge in [-0.2, -0.15) is 8.78 Å². The van der Waals surface area contributed by atoms with Crippen LogP contribution in [0.5, 0.6) is 5.75 Å². The fourth-order valence-corrected chi connectivity index (χ4v) is 2.84. The van der Waals surface area contributed by atoms with Gasteiger partial charge in [-0.15, -0.1) is 0 Å². The quantitative estimate of drug-likeness (QED) is 0.646. The van der Waals surface area contributed by atoms with Crippen molar-refractivity contribution >= 4 is 5.97 Å². The summed E-state index contributed by atoms with van der Waals surface area (Å²) in [4.78, 5) is 10.7. The minimum atomic E-state index is -2.84. The first-order valence-corrected chi connectivity index (χ1v) is 8.09. The molecule has 26 heavy (non-hydrogen) atoms. The molecule has 0 amide bonds. The van der Waals surface area contributed by atoms with E-state index in [1.165, 1.54) is 18.2 Å². The van der Waals surface area contributed by atoms with E-state index >= 15 is 0 Å². The minimum Gasteiger partial charge on any atom is -0.478 e. The molecule has 3 nitrogen and oxygen atoms in total. The van der Waals surface area contributed by atoms with E-state index in [1.807, 2.05) is 24.3 Å². The number of hydrogen-bond acceptors (Lipinski definition) is 2. The normalized spacial score (nSPS) is 15.7. The molecule has 1 saturated carbocycles. The van der Waals surface area contributed by atoms with Gasteiger partial charge in [-0.05, 0) is 60.7 Å². The van der Waals surface area contributed by atoms with Crippen LogP contribution in [0.2, 0.25) is 0 Å². The molecule has 0 heterocycles. The van der Waals surface area contributed by atoms with Crippen molar-refractivity contribution in [2.75, 3.05) is 0 Å². The second kappa shape index (κ2) is 7.83. The van der Waals surface area contributed by atoms with Crippen molar-refractivity contribution in [3.63, 3.8) is 0 Å². The molecule has 3 rings (SSSR count). The first-order valence-electron chi connectivity index (χ1n) is 8.09. The van der Waals surface area contributed by atoms with E-state index in [1.54, 1.807) is 12.1 Å². The summed E-state index contributed by atoms with van der Waals surface area (Å²) in [5.74, 6) is 5.58. The van der Waals surface area contributed by atoms with Gasteiger partial charge < -0.3 is 9.84 Å². The third-order valence-corrected chi connectivity index (χ3v) is 4.13. The zero-order chi connectivity index (χ0) is 18.5. The van der Waals surface area contributed by atoms with Gasteiger partial charge in [0.25, 0.3) is 0 Å². The Bertz CT molecular complexity index is 881. The van der Waals surface area contributed by atoms with E-state index in [4.69, 9.17) is 5.11 Å². The van der Waals surface area contributed by atoms with Crippen LogP contribution in [0, 0.1) is 11.8 Å². The van der Waals surface area contributed by atoms with Crippen LogP contribution >= 0.6 is 0 Å². The van der Waals surface area contributed by atoms with E-state index in [-0.39, 0.29) is 5.75 Å². The number of carboxylic acids is 1. The van der Waals surface area contributed by atoms with Gasteiger partial charge in [0.2, 0.25) is 0 Å². The number of alkyl halides is 2. The molecule has 0 saturated heterocycles. The van der Waals surface area contributed by atoms with Gasteiger partial charge in [0.15, 0.2) is 0 Å². The molecule has 1 aliphatic rings. The largest absolute Gasteiger partial charge is 0.478 e. The number of allylic oxidation sites excluding steroid dienone is 1. The number of halogens is 2. The average molecular weight is 354 g/mol. The van der Waals surface area contributed by atoms with Crippen LogP contribution in [-0.2, 0) is 4.79 Å². The second-order valence-corrected chi connectivity index (χ2v) is 6.02. The van der Waals surface area contributed by atoms with Crippen molar-refractivity contribution in [1.29, 1.82) is 0 Å². The molecule has 2 aromatic carbocycles.